The Morgan fingerprint density at radius 2 is 1.86 bits per heavy atom. The molecule has 0 amide bonds. The van der Waals surface area contributed by atoms with Crippen LogP contribution in [0.5, 0.6) is 0 Å². The summed E-state index contributed by atoms with van der Waals surface area (Å²) in [6, 6.07) is 21.9. The third-order valence-corrected chi connectivity index (χ3v) is 5.98. The van der Waals surface area contributed by atoms with Crippen LogP contribution in [0, 0.1) is 6.92 Å². The molecule has 1 aromatic heterocycles. The maximum absolute atomic E-state index is 5.22. The van der Waals surface area contributed by atoms with Crippen molar-refractivity contribution < 1.29 is 0 Å². The van der Waals surface area contributed by atoms with Gasteiger partial charge in [-0.1, -0.05) is 61.0 Å². The number of aryl methyl sites for hydroxylation is 1. The monoisotopic (exact) mass is 366 g/mol. The van der Waals surface area contributed by atoms with Crippen molar-refractivity contribution in [3.8, 4) is 11.3 Å². The number of rotatable bonds is 3. The normalized spacial score (nSPS) is 14.5. The molecule has 1 aliphatic rings. The van der Waals surface area contributed by atoms with Crippen LogP contribution in [-0.4, -0.2) is 23.0 Å². The quantitative estimate of drug-likeness (QED) is 0.405. The Kier molecular flexibility index (Phi) is 4.37. The van der Waals surface area contributed by atoms with Gasteiger partial charge in [-0.25, -0.2) is 4.98 Å². The number of hydrogen-bond donors (Lipinski definition) is 0. The second-order valence-electron chi connectivity index (χ2n) is 7.99. The van der Waals surface area contributed by atoms with Gasteiger partial charge < -0.3 is 0 Å². The summed E-state index contributed by atoms with van der Waals surface area (Å²) in [4.78, 5) is 7.80. The molecule has 0 unspecified atom stereocenters. The van der Waals surface area contributed by atoms with E-state index in [0.717, 1.165) is 31.6 Å². The highest BCUT2D eigenvalue weighted by Gasteiger charge is 2.24. The van der Waals surface area contributed by atoms with Crippen LogP contribution < -0.4 is 0 Å². The number of benzene rings is 3. The van der Waals surface area contributed by atoms with Gasteiger partial charge in [0.15, 0.2) is 0 Å². The zero-order chi connectivity index (χ0) is 19.1. The van der Waals surface area contributed by atoms with Gasteiger partial charge in [-0.2, -0.15) is 0 Å². The fraction of sp³-hybridized carbons (Fsp3) is 0.269. The number of nitrogens with zero attached hydrogens (tertiary/aromatic N) is 2. The lowest BCUT2D eigenvalue weighted by atomic mass is 9.89. The maximum Gasteiger partial charge on any atom is 0.0757 e. The van der Waals surface area contributed by atoms with Crippen LogP contribution >= 0.6 is 0 Å². The van der Waals surface area contributed by atoms with Crippen LogP contribution in [0.25, 0.3) is 32.9 Å². The van der Waals surface area contributed by atoms with E-state index in [2.05, 4.69) is 79.4 Å². The molecule has 0 radical (unpaired) electrons. The first-order valence-corrected chi connectivity index (χ1v) is 10.4. The predicted molar refractivity (Wildman–Crippen MR) is 119 cm³/mol. The Balaban J connectivity index is 1.83. The average molecular weight is 367 g/mol. The Labute approximate surface area is 166 Å². The number of pyridine rings is 1. The molecule has 0 bridgehead atoms. The van der Waals surface area contributed by atoms with Crippen LogP contribution in [0.4, 0.5) is 0 Å². The van der Waals surface area contributed by atoms with Crippen molar-refractivity contribution in [1.29, 1.82) is 0 Å². The lowest BCUT2D eigenvalue weighted by Crippen LogP contribution is -2.32. The van der Waals surface area contributed by atoms with Crippen molar-refractivity contribution >= 4 is 21.7 Å². The predicted octanol–water partition coefficient (Wildman–Crippen LogP) is 6.13. The van der Waals surface area contributed by atoms with Gasteiger partial charge in [-0.05, 0) is 60.3 Å². The Hall–Kier alpha value is -2.71. The van der Waals surface area contributed by atoms with Crippen molar-refractivity contribution in [1.82, 2.24) is 9.88 Å². The van der Waals surface area contributed by atoms with Crippen molar-refractivity contribution in [2.24, 2.45) is 0 Å². The third kappa shape index (κ3) is 2.89. The fourth-order valence-corrected chi connectivity index (χ4v) is 4.71. The van der Waals surface area contributed by atoms with E-state index in [-0.39, 0.29) is 0 Å². The molecule has 28 heavy (non-hydrogen) atoms. The summed E-state index contributed by atoms with van der Waals surface area (Å²) in [6.07, 6.45) is 2.29. The lowest BCUT2D eigenvalue weighted by Gasteiger charge is -2.31. The summed E-state index contributed by atoms with van der Waals surface area (Å²) in [7, 11) is 0. The summed E-state index contributed by atoms with van der Waals surface area (Å²) in [5.41, 5.74) is 7.75. The molecular weight excluding hydrogens is 340 g/mol. The highest BCUT2D eigenvalue weighted by molar-refractivity contribution is 6.09. The van der Waals surface area contributed by atoms with Gasteiger partial charge >= 0.3 is 0 Å². The minimum absolute atomic E-state index is 0.999. The second kappa shape index (κ2) is 7.03. The second-order valence-corrected chi connectivity index (χ2v) is 7.99. The van der Waals surface area contributed by atoms with Crippen LogP contribution in [0.3, 0.4) is 0 Å². The highest BCUT2D eigenvalue weighted by Crippen LogP contribution is 2.37. The highest BCUT2D eigenvalue weighted by atomic mass is 15.1. The molecule has 140 valence electrons. The van der Waals surface area contributed by atoms with Crippen LogP contribution in [0.1, 0.15) is 30.0 Å². The Morgan fingerprint density at radius 1 is 0.964 bits per heavy atom. The van der Waals surface area contributed by atoms with E-state index in [9.17, 15) is 0 Å². The SMILES string of the molecule is CCCN1CCc2c(c(-c3cccc(C)c3)nc3ccc4ccccc4c23)C1. The van der Waals surface area contributed by atoms with E-state index in [4.69, 9.17) is 4.98 Å². The van der Waals surface area contributed by atoms with Crippen LogP contribution in [0.15, 0.2) is 60.7 Å². The molecule has 2 heterocycles. The molecule has 1 aliphatic heterocycles. The van der Waals surface area contributed by atoms with E-state index in [1.54, 1.807) is 0 Å². The average Bonchev–Trinajstić information content (AvgIpc) is 2.73. The summed E-state index contributed by atoms with van der Waals surface area (Å²) in [5, 5.41) is 4.00. The largest absolute Gasteiger partial charge is 0.299 e. The molecule has 2 nitrogen and oxygen atoms in total. The van der Waals surface area contributed by atoms with Crippen LogP contribution in [0.2, 0.25) is 0 Å². The first-order chi connectivity index (χ1) is 13.7. The zero-order valence-corrected chi connectivity index (χ0v) is 16.7. The smallest absolute Gasteiger partial charge is 0.0757 e. The lowest BCUT2D eigenvalue weighted by molar-refractivity contribution is 0.255. The molecular formula is C26H26N2. The molecule has 4 aromatic rings. The minimum atomic E-state index is 0.999. The van der Waals surface area contributed by atoms with E-state index < -0.39 is 0 Å². The first kappa shape index (κ1) is 17.4. The summed E-state index contributed by atoms with van der Waals surface area (Å²) in [5.74, 6) is 0. The zero-order valence-electron chi connectivity index (χ0n) is 16.7. The molecule has 0 aliphatic carbocycles. The van der Waals surface area contributed by atoms with Gasteiger partial charge in [0, 0.05) is 24.0 Å². The van der Waals surface area contributed by atoms with Crippen molar-refractivity contribution in [2.45, 2.75) is 33.2 Å². The maximum atomic E-state index is 5.22. The molecule has 0 saturated carbocycles. The summed E-state index contributed by atoms with van der Waals surface area (Å²) < 4.78 is 0. The molecule has 3 aromatic carbocycles. The molecule has 0 spiro atoms. The molecule has 0 saturated heterocycles. The molecule has 2 heteroatoms. The van der Waals surface area contributed by atoms with Gasteiger partial charge in [-0.15, -0.1) is 0 Å². The van der Waals surface area contributed by atoms with E-state index in [1.807, 2.05) is 0 Å². The Morgan fingerprint density at radius 3 is 2.71 bits per heavy atom. The molecule has 0 fully saturated rings. The molecule has 0 atom stereocenters. The van der Waals surface area contributed by atoms with Gasteiger partial charge in [0.2, 0.25) is 0 Å². The van der Waals surface area contributed by atoms with E-state index >= 15 is 0 Å². The fourth-order valence-electron chi connectivity index (χ4n) is 4.71. The first-order valence-electron chi connectivity index (χ1n) is 10.4. The van der Waals surface area contributed by atoms with Gasteiger partial charge in [0.1, 0.15) is 0 Å². The van der Waals surface area contributed by atoms with E-state index in [0.29, 0.717) is 0 Å². The number of aromatic nitrogens is 1. The van der Waals surface area contributed by atoms with Gasteiger partial charge in [-0.3, -0.25) is 4.90 Å². The summed E-state index contributed by atoms with van der Waals surface area (Å²) >= 11 is 0. The number of fused-ring (bicyclic) bond motifs is 5. The van der Waals surface area contributed by atoms with Crippen LogP contribution in [-0.2, 0) is 13.0 Å². The third-order valence-electron chi connectivity index (χ3n) is 5.98. The Bertz CT molecular complexity index is 1180. The molecule has 5 rings (SSSR count). The molecule has 0 N–H and O–H groups in total. The van der Waals surface area contributed by atoms with Gasteiger partial charge in [0.25, 0.3) is 0 Å². The standard InChI is InChI=1S/C26H26N2/c1-3-14-28-15-13-22-23(17-28)26(20-9-6-7-18(2)16-20)27-24-12-11-19-8-4-5-10-21(19)25(22)24/h4-12,16H,3,13-15,17H2,1-2H3. The van der Waals surface area contributed by atoms with E-state index in [1.165, 1.54) is 50.5 Å². The van der Waals surface area contributed by atoms with Crippen molar-refractivity contribution in [3.63, 3.8) is 0 Å². The van der Waals surface area contributed by atoms with Crippen molar-refractivity contribution in [2.75, 3.05) is 13.1 Å². The van der Waals surface area contributed by atoms with Gasteiger partial charge in [0.05, 0.1) is 11.2 Å². The van der Waals surface area contributed by atoms with Crippen molar-refractivity contribution in [3.05, 3.63) is 77.4 Å². The topological polar surface area (TPSA) is 16.1 Å². The number of hydrogen-bond acceptors (Lipinski definition) is 2. The minimum Gasteiger partial charge on any atom is -0.299 e. The summed E-state index contributed by atoms with van der Waals surface area (Å²) in [6.45, 7) is 7.71.